The van der Waals surface area contributed by atoms with Crippen molar-refractivity contribution in [3.8, 4) is 11.5 Å². The summed E-state index contributed by atoms with van der Waals surface area (Å²) in [6.07, 6.45) is 10.8. The van der Waals surface area contributed by atoms with Crippen LogP contribution in [0.3, 0.4) is 0 Å². The van der Waals surface area contributed by atoms with Crippen molar-refractivity contribution in [1.29, 1.82) is 0 Å². The lowest BCUT2D eigenvalue weighted by Crippen LogP contribution is -2.45. The monoisotopic (exact) mass is 432 g/mol. The Hall–Kier alpha value is -0.740. The van der Waals surface area contributed by atoms with E-state index in [-0.39, 0.29) is 9.68 Å². The van der Waals surface area contributed by atoms with E-state index >= 15 is 0 Å². The lowest BCUT2D eigenvalue weighted by molar-refractivity contribution is 0.00751. The Balaban J connectivity index is 1.70. The molecule has 2 aliphatic heterocycles. The average molecular weight is 433 g/mol. The van der Waals surface area contributed by atoms with Crippen molar-refractivity contribution in [3.05, 3.63) is 34.9 Å². The smallest absolute Gasteiger partial charge is 0.127 e. The Morgan fingerprint density at radius 3 is 2.62 bits per heavy atom. The maximum Gasteiger partial charge on any atom is 0.127 e. The molecule has 1 fully saturated rings. The molecule has 0 spiro atoms. The molecule has 160 valence electrons. The summed E-state index contributed by atoms with van der Waals surface area (Å²) < 4.78 is 6.66. The molecule has 4 rings (SSSR count). The quantitative estimate of drug-likeness (QED) is 0.370. The number of allylic oxidation sites excluding steroid dienone is 2. The van der Waals surface area contributed by atoms with E-state index in [0.29, 0.717) is 17.6 Å². The van der Waals surface area contributed by atoms with Gasteiger partial charge in [0.15, 0.2) is 0 Å². The average Bonchev–Trinajstić information content (AvgIpc) is 3.14. The molecule has 2 unspecified atom stereocenters. The summed E-state index contributed by atoms with van der Waals surface area (Å²) in [5.74, 6) is 4.56. The van der Waals surface area contributed by atoms with Gasteiger partial charge < -0.3 is 9.84 Å². The van der Waals surface area contributed by atoms with Crippen molar-refractivity contribution in [3.63, 3.8) is 0 Å². The van der Waals surface area contributed by atoms with Gasteiger partial charge in [0.05, 0.1) is 4.08 Å². The van der Waals surface area contributed by atoms with Gasteiger partial charge in [-0.15, -0.1) is 23.5 Å². The van der Waals surface area contributed by atoms with Gasteiger partial charge in [0.1, 0.15) is 17.1 Å². The van der Waals surface area contributed by atoms with Crippen LogP contribution in [-0.4, -0.2) is 22.2 Å². The normalized spacial score (nSPS) is 27.0. The summed E-state index contributed by atoms with van der Waals surface area (Å²) in [7, 11) is 0. The van der Waals surface area contributed by atoms with Crippen LogP contribution < -0.4 is 4.74 Å². The Labute approximate surface area is 185 Å². The number of phenolic OH excluding ortho intramolecular Hbond substituents is 1. The van der Waals surface area contributed by atoms with Crippen LogP contribution in [0.1, 0.15) is 89.7 Å². The number of hydrogen-bond acceptors (Lipinski definition) is 4. The molecule has 0 bridgehead atoms. The molecule has 0 radical (unpaired) electrons. The zero-order chi connectivity index (χ0) is 20.6. The van der Waals surface area contributed by atoms with Gasteiger partial charge in [0.2, 0.25) is 0 Å². The van der Waals surface area contributed by atoms with Crippen molar-refractivity contribution < 1.29 is 9.84 Å². The second kappa shape index (κ2) is 8.42. The Morgan fingerprint density at radius 1 is 1.14 bits per heavy atom. The molecular weight excluding hydrogens is 396 g/mol. The Bertz CT molecular complexity index is 777. The summed E-state index contributed by atoms with van der Waals surface area (Å²) in [4.78, 5) is 0. The first-order valence-electron chi connectivity index (χ1n) is 11.4. The number of unbranched alkanes of at least 4 members (excludes halogenated alkanes) is 3. The zero-order valence-electron chi connectivity index (χ0n) is 18.4. The van der Waals surface area contributed by atoms with E-state index in [2.05, 4.69) is 69.4 Å². The largest absolute Gasteiger partial charge is 0.508 e. The highest BCUT2D eigenvalue weighted by atomic mass is 32.2. The summed E-state index contributed by atoms with van der Waals surface area (Å²) >= 11 is 4.14. The molecule has 0 aromatic heterocycles. The van der Waals surface area contributed by atoms with Crippen LogP contribution in [0.15, 0.2) is 23.8 Å². The fraction of sp³-hybridized carbons (Fsp3) is 0.680. The molecule has 1 saturated heterocycles. The molecule has 3 aliphatic rings. The van der Waals surface area contributed by atoms with E-state index in [4.69, 9.17) is 4.74 Å². The lowest BCUT2D eigenvalue weighted by atomic mass is 9.67. The first kappa shape index (κ1) is 21.5. The van der Waals surface area contributed by atoms with E-state index in [9.17, 15) is 5.11 Å². The standard InChI is InChI=1S/C25H36O2S2/c1-5-6-7-8-11-25(28-12-13-29-25)18-15-21(26)23-19-14-17(2)9-10-20(19)24(3,4)27-22(23)16-18/h9,15-16,19-20,26H,5-8,10-14H2,1-4H3. The van der Waals surface area contributed by atoms with Gasteiger partial charge in [0, 0.05) is 28.9 Å². The van der Waals surface area contributed by atoms with Gasteiger partial charge >= 0.3 is 0 Å². The summed E-state index contributed by atoms with van der Waals surface area (Å²) in [6.45, 7) is 8.95. The Kier molecular flexibility index (Phi) is 6.24. The molecule has 2 nitrogen and oxygen atoms in total. The summed E-state index contributed by atoms with van der Waals surface area (Å²) in [5.41, 5.74) is 3.55. The maximum atomic E-state index is 11.2. The number of rotatable bonds is 6. The van der Waals surface area contributed by atoms with Gasteiger partial charge in [-0.05, 0) is 57.7 Å². The molecule has 2 atom stereocenters. The number of thioether (sulfide) groups is 2. The predicted octanol–water partition coefficient (Wildman–Crippen LogP) is 7.61. The van der Waals surface area contributed by atoms with E-state index in [1.165, 1.54) is 54.7 Å². The number of phenols is 1. The third kappa shape index (κ3) is 4.08. The minimum atomic E-state index is -0.204. The second-order valence-corrected chi connectivity index (χ2v) is 12.6. The highest BCUT2D eigenvalue weighted by Gasteiger charge is 2.47. The van der Waals surface area contributed by atoms with Crippen LogP contribution in [0, 0.1) is 5.92 Å². The highest BCUT2D eigenvalue weighted by Crippen LogP contribution is 2.59. The van der Waals surface area contributed by atoms with Crippen molar-refractivity contribution in [1.82, 2.24) is 0 Å². The summed E-state index contributed by atoms with van der Waals surface area (Å²) in [6, 6.07) is 4.36. The molecule has 2 heterocycles. The van der Waals surface area contributed by atoms with Gasteiger partial charge in [-0.2, -0.15) is 0 Å². The molecule has 0 amide bonds. The summed E-state index contributed by atoms with van der Waals surface area (Å²) in [5, 5.41) is 11.2. The predicted molar refractivity (Wildman–Crippen MR) is 127 cm³/mol. The van der Waals surface area contributed by atoms with Gasteiger partial charge in [-0.25, -0.2) is 0 Å². The molecule has 1 aromatic carbocycles. The van der Waals surface area contributed by atoms with Crippen LogP contribution >= 0.6 is 23.5 Å². The van der Waals surface area contributed by atoms with Gasteiger partial charge in [-0.3, -0.25) is 0 Å². The van der Waals surface area contributed by atoms with Gasteiger partial charge in [-0.1, -0.05) is 44.3 Å². The number of fused-ring (bicyclic) bond motifs is 3. The first-order valence-corrected chi connectivity index (χ1v) is 13.3. The minimum Gasteiger partial charge on any atom is -0.508 e. The fourth-order valence-corrected chi connectivity index (χ4v) is 8.78. The van der Waals surface area contributed by atoms with E-state index in [1.54, 1.807) is 0 Å². The fourth-order valence-electron chi connectivity index (χ4n) is 5.48. The molecule has 1 aromatic rings. The third-order valence-electron chi connectivity index (χ3n) is 7.06. The number of aromatic hydroxyl groups is 1. The van der Waals surface area contributed by atoms with Crippen molar-refractivity contribution in [2.75, 3.05) is 11.5 Å². The topological polar surface area (TPSA) is 29.5 Å². The molecule has 1 N–H and O–H groups in total. The molecule has 0 saturated carbocycles. The van der Waals surface area contributed by atoms with Crippen LogP contribution in [0.25, 0.3) is 0 Å². The molecular formula is C25H36O2S2. The van der Waals surface area contributed by atoms with Crippen LogP contribution in [-0.2, 0) is 4.08 Å². The van der Waals surface area contributed by atoms with E-state index in [1.807, 2.05) is 0 Å². The van der Waals surface area contributed by atoms with Crippen molar-refractivity contribution >= 4 is 23.5 Å². The third-order valence-corrected chi connectivity index (χ3v) is 10.7. The van der Waals surface area contributed by atoms with Crippen LogP contribution in [0.4, 0.5) is 0 Å². The minimum absolute atomic E-state index is 0.0764. The van der Waals surface area contributed by atoms with E-state index in [0.717, 1.165) is 24.2 Å². The number of ether oxygens (including phenoxy) is 1. The number of benzene rings is 1. The van der Waals surface area contributed by atoms with E-state index < -0.39 is 0 Å². The zero-order valence-corrected chi connectivity index (χ0v) is 20.1. The molecule has 4 heteroatoms. The second-order valence-electron chi connectivity index (χ2n) is 9.58. The molecule has 1 aliphatic carbocycles. The first-order chi connectivity index (χ1) is 13.9. The number of hydrogen-bond donors (Lipinski definition) is 1. The molecule has 29 heavy (non-hydrogen) atoms. The van der Waals surface area contributed by atoms with Crippen molar-refractivity contribution in [2.24, 2.45) is 5.92 Å². The van der Waals surface area contributed by atoms with Crippen LogP contribution in [0.5, 0.6) is 11.5 Å². The highest BCUT2D eigenvalue weighted by molar-refractivity contribution is 8.20. The van der Waals surface area contributed by atoms with Crippen LogP contribution in [0.2, 0.25) is 0 Å². The maximum absolute atomic E-state index is 11.2. The lowest BCUT2D eigenvalue weighted by Gasteiger charge is -2.47. The SMILES string of the molecule is CCCCCCC1(c2cc(O)c3c(c2)OC(C)(C)C2CC=C(C)CC32)SCCS1. The Morgan fingerprint density at radius 2 is 1.90 bits per heavy atom. The van der Waals surface area contributed by atoms with Gasteiger partial charge in [0.25, 0.3) is 0 Å². The van der Waals surface area contributed by atoms with Crippen molar-refractivity contribution in [2.45, 2.75) is 88.2 Å².